The van der Waals surface area contributed by atoms with Crippen molar-refractivity contribution in [2.75, 3.05) is 18.9 Å². The third kappa shape index (κ3) is 6.10. The topological polar surface area (TPSA) is 32.3 Å². The molecule has 2 nitrogen and oxygen atoms in total. The lowest BCUT2D eigenvalue weighted by Crippen LogP contribution is -2.38. The van der Waals surface area contributed by atoms with Crippen LogP contribution in [0.15, 0.2) is 30.3 Å². The van der Waals surface area contributed by atoms with E-state index < -0.39 is 0 Å². The van der Waals surface area contributed by atoms with E-state index in [1.165, 1.54) is 5.56 Å². The summed E-state index contributed by atoms with van der Waals surface area (Å²) in [5.41, 5.74) is 1.38. The average Bonchev–Trinajstić information content (AvgIpc) is 2.34. The zero-order valence-electron chi connectivity index (χ0n) is 10.7. The van der Waals surface area contributed by atoms with Crippen molar-refractivity contribution in [1.29, 1.82) is 0 Å². The van der Waals surface area contributed by atoms with Crippen LogP contribution in [-0.2, 0) is 5.75 Å². The van der Waals surface area contributed by atoms with E-state index in [1.54, 1.807) is 0 Å². The van der Waals surface area contributed by atoms with Gasteiger partial charge in [0, 0.05) is 24.1 Å². The maximum atomic E-state index is 9.16. The SMILES string of the molecule is CC(C)[C@H](CO)NCCSCc1ccccc1. The second-order valence-electron chi connectivity index (χ2n) is 4.53. The quantitative estimate of drug-likeness (QED) is 0.698. The fraction of sp³-hybridized carbons (Fsp3) is 0.571. The second-order valence-corrected chi connectivity index (χ2v) is 5.63. The highest BCUT2D eigenvalue weighted by Gasteiger charge is 2.09. The van der Waals surface area contributed by atoms with Gasteiger partial charge in [0.2, 0.25) is 0 Å². The molecule has 0 radical (unpaired) electrons. The summed E-state index contributed by atoms with van der Waals surface area (Å²) in [6.07, 6.45) is 0. The van der Waals surface area contributed by atoms with Crippen LogP contribution in [0, 0.1) is 5.92 Å². The van der Waals surface area contributed by atoms with Gasteiger partial charge in [-0.05, 0) is 11.5 Å². The van der Waals surface area contributed by atoms with E-state index in [0.29, 0.717) is 5.92 Å². The van der Waals surface area contributed by atoms with Crippen LogP contribution in [-0.4, -0.2) is 30.1 Å². The van der Waals surface area contributed by atoms with Gasteiger partial charge < -0.3 is 10.4 Å². The van der Waals surface area contributed by atoms with Crippen molar-refractivity contribution < 1.29 is 5.11 Å². The first-order chi connectivity index (χ1) is 8.24. The maximum absolute atomic E-state index is 9.16. The van der Waals surface area contributed by atoms with Crippen LogP contribution in [0.3, 0.4) is 0 Å². The highest BCUT2D eigenvalue weighted by atomic mass is 32.2. The van der Waals surface area contributed by atoms with Crippen molar-refractivity contribution in [1.82, 2.24) is 5.32 Å². The molecule has 0 aliphatic heterocycles. The Morgan fingerprint density at radius 3 is 2.53 bits per heavy atom. The molecule has 0 amide bonds. The Balaban J connectivity index is 2.08. The Bertz CT molecular complexity index is 290. The van der Waals surface area contributed by atoms with E-state index in [1.807, 2.05) is 17.8 Å². The Kier molecular flexibility index (Phi) is 7.33. The molecule has 0 heterocycles. The third-order valence-electron chi connectivity index (χ3n) is 2.77. The molecule has 3 heteroatoms. The lowest BCUT2D eigenvalue weighted by atomic mass is 10.1. The van der Waals surface area contributed by atoms with Gasteiger partial charge >= 0.3 is 0 Å². The molecule has 1 aromatic carbocycles. The molecule has 1 rings (SSSR count). The van der Waals surface area contributed by atoms with E-state index in [0.717, 1.165) is 18.1 Å². The van der Waals surface area contributed by atoms with Crippen molar-refractivity contribution in [3.8, 4) is 0 Å². The van der Waals surface area contributed by atoms with Gasteiger partial charge in [0.05, 0.1) is 6.61 Å². The lowest BCUT2D eigenvalue weighted by Gasteiger charge is -2.19. The van der Waals surface area contributed by atoms with E-state index in [-0.39, 0.29) is 12.6 Å². The molecule has 0 aliphatic rings. The fourth-order valence-corrected chi connectivity index (χ4v) is 2.43. The van der Waals surface area contributed by atoms with Crippen LogP contribution < -0.4 is 5.32 Å². The second kappa shape index (κ2) is 8.56. The Morgan fingerprint density at radius 1 is 1.24 bits per heavy atom. The third-order valence-corrected chi connectivity index (χ3v) is 3.80. The predicted octanol–water partition coefficient (Wildman–Crippen LogP) is 2.53. The Labute approximate surface area is 109 Å². The molecule has 0 saturated carbocycles. The molecule has 17 heavy (non-hydrogen) atoms. The van der Waals surface area contributed by atoms with Crippen molar-refractivity contribution in [3.63, 3.8) is 0 Å². The average molecular weight is 253 g/mol. The summed E-state index contributed by atoms with van der Waals surface area (Å²) in [6.45, 7) is 5.44. The first-order valence-electron chi connectivity index (χ1n) is 6.20. The number of hydrogen-bond acceptors (Lipinski definition) is 3. The number of thioether (sulfide) groups is 1. The smallest absolute Gasteiger partial charge is 0.0587 e. The van der Waals surface area contributed by atoms with Crippen molar-refractivity contribution in [3.05, 3.63) is 35.9 Å². The first-order valence-corrected chi connectivity index (χ1v) is 7.35. The summed E-state index contributed by atoms with van der Waals surface area (Å²) in [4.78, 5) is 0. The summed E-state index contributed by atoms with van der Waals surface area (Å²) >= 11 is 1.93. The highest BCUT2D eigenvalue weighted by molar-refractivity contribution is 7.98. The Morgan fingerprint density at radius 2 is 1.94 bits per heavy atom. The highest BCUT2D eigenvalue weighted by Crippen LogP contribution is 2.11. The molecule has 1 atom stereocenters. The number of nitrogens with one attached hydrogen (secondary N) is 1. The van der Waals surface area contributed by atoms with Gasteiger partial charge in [0.25, 0.3) is 0 Å². The molecule has 0 aromatic heterocycles. The van der Waals surface area contributed by atoms with Gasteiger partial charge in [0.15, 0.2) is 0 Å². The van der Waals surface area contributed by atoms with Gasteiger partial charge in [-0.25, -0.2) is 0 Å². The van der Waals surface area contributed by atoms with Gasteiger partial charge in [0.1, 0.15) is 0 Å². The van der Waals surface area contributed by atoms with Gasteiger partial charge in [-0.1, -0.05) is 44.2 Å². The number of benzene rings is 1. The molecule has 0 bridgehead atoms. The minimum Gasteiger partial charge on any atom is -0.395 e. The first kappa shape index (κ1) is 14.6. The largest absolute Gasteiger partial charge is 0.395 e. The zero-order chi connectivity index (χ0) is 12.5. The summed E-state index contributed by atoms with van der Waals surface area (Å²) in [6, 6.07) is 10.7. The lowest BCUT2D eigenvalue weighted by molar-refractivity contribution is 0.213. The number of rotatable bonds is 8. The van der Waals surface area contributed by atoms with Gasteiger partial charge in [-0.15, -0.1) is 0 Å². The van der Waals surface area contributed by atoms with Crippen LogP contribution in [0.2, 0.25) is 0 Å². The van der Waals surface area contributed by atoms with E-state index in [2.05, 4.69) is 43.4 Å². The van der Waals surface area contributed by atoms with Crippen LogP contribution in [0.4, 0.5) is 0 Å². The predicted molar refractivity (Wildman–Crippen MR) is 76.3 cm³/mol. The molecule has 0 spiro atoms. The van der Waals surface area contributed by atoms with Crippen LogP contribution in [0.5, 0.6) is 0 Å². The molecule has 96 valence electrons. The molecule has 0 aliphatic carbocycles. The van der Waals surface area contributed by atoms with Gasteiger partial charge in [-0.2, -0.15) is 11.8 Å². The monoisotopic (exact) mass is 253 g/mol. The summed E-state index contributed by atoms with van der Waals surface area (Å²) < 4.78 is 0. The van der Waals surface area contributed by atoms with Crippen molar-refractivity contribution in [2.45, 2.75) is 25.6 Å². The van der Waals surface area contributed by atoms with Crippen molar-refractivity contribution >= 4 is 11.8 Å². The van der Waals surface area contributed by atoms with Crippen LogP contribution in [0.25, 0.3) is 0 Å². The molecule has 0 fully saturated rings. The molecule has 0 unspecified atom stereocenters. The normalized spacial score (nSPS) is 12.9. The summed E-state index contributed by atoms with van der Waals surface area (Å²) in [7, 11) is 0. The van der Waals surface area contributed by atoms with E-state index in [4.69, 9.17) is 5.11 Å². The zero-order valence-corrected chi connectivity index (χ0v) is 11.5. The minimum atomic E-state index is 0.223. The van der Waals surface area contributed by atoms with Crippen LogP contribution in [0.1, 0.15) is 19.4 Å². The molecular weight excluding hydrogens is 230 g/mol. The van der Waals surface area contributed by atoms with Crippen LogP contribution >= 0.6 is 11.8 Å². The minimum absolute atomic E-state index is 0.223. The standard InChI is InChI=1S/C14H23NOS/c1-12(2)14(10-16)15-8-9-17-11-13-6-4-3-5-7-13/h3-7,12,14-16H,8-11H2,1-2H3/t14-/m0/s1. The number of aliphatic hydroxyl groups excluding tert-OH is 1. The number of aliphatic hydroxyl groups is 1. The fourth-order valence-electron chi connectivity index (χ4n) is 1.59. The summed E-state index contributed by atoms with van der Waals surface area (Å²) in [5.74, 6) is 2.63. The van der Waals surface area contributed by atoms with E-state index in [9.17, 15) is 0 Å². The maximum Gasteiger partial charge on any atom is 0.0587 e. The molecule has 1 aromatic rings. The van der Waals surface area contributed by atoms with Gasteiger partial charge in [-0.3, -0.25) is 0 Å². The molecule has 2 N–H and O–H groups in total. The Hall–Kier alpha value is -0.510. The summed E-state index contributed by atoms with van der Waals surface area (Å²) in [5, 5.41) is 12.5. The van der Waals surface area contributed by atoms with Crippen molar-refractivity contribution in [2.24, 2.45) is 5.92 Å². The molecular formula is C14H23NOS. The number of hydrogen-bond donors (Lipinski definition) is 2. The molecule has 0 saturated heterocycles. The van der Waals surface area contributed by atoms with E-state index >= 15 is 0 Å².